The van der Waals surface area contributed by atoms with Gasteiger partial charge in [0.15, 0.2) is 0 Å². The van der Waals surface area contributed by atoms with E-state index in [0.29, 0.717) is 0 Å². The summed E-state index contributed by atoms with van der Waals surface area (Å²) >= 11 is 0. The summed E-state index contributed by atoms with van der Waals surface area (Å²) < 4.78 is 5.77. The summed E-state index contributed by atoms with van der Waals surface area (Å²) in [4.78, 5) is 7.00. The fraction of sp³-hybridized carbons (Fsp3) is 0.577. The summed E-state index contributed by atoms with van der Waals surface area (Å²) in [5.74, 6) is 0. The van der Waals surface area contributed by atoms with Crippen molar-refractivity contribution < 1.29 is 4.74 Å². The summed E-state index contributed by atoms with van der Waals surface area (Å²) in [6.45, 7) is 14.4. The molecular formula is C26H42N2O. The SMILES string of the molecule is CCN(/C=C/C=C(/C=NC(C)(C)C)CCCCCCOCc1ccccc1)CC. The van der Waals surface area contributed by atoms with Crippen LogP contribution in [0.2, 0.25) is 0 Å². The topological polar surface area (TPSA) is 24.8 Å². The smallest absolute Gasteiger partial charge is 0.0716 e. The average Bonchev–Trinajstić information content (AvgIpc) is 2.70. The Morgan fingerprint density at radius 1 is 1.00 bits per heavy atom. The van der Waals surface area contributed by atoms with Gasteiger partial charge in [-0.15, -0.1) is 0 Å². The monoisotopic (exact) mass is 398 g/mol. The maximum absolute atomic E-state index is 5.77. The largest absolute Gasteiger partial charge is 0.378 e. The van der Waals surface area contributed by atoms with Gasteiger partial charge in [0.1, 0.15) is 0 Å². The van der Waals surface area contributed by atoms with Crippen molar-refractivity contribution in [3.63, 3.8) is 0 Å². The molecule has 1 aromatic carbocycles. The summed E-state index contributed by atoms with van der Waals surface area (Å²) in [7, 11) is 0. The van der Waals surface area contributed by atoms with Gasteiger partial charge in [0.25, 0.3) is 0 Å². The van der Waals surface area contributed by atoms with E-state index in [1.807, 2.05) is 6.07 Å². The quantitative estimate of drug-likeness (QED) is 0.195. The van der Waals surface area contributed by atoms with Crippen LogP contribution in [-0.2, 0) is 11.3 Å². The minimum Gasteiger partial charge on any atom is -0.378 e. The molecule has 0 aliphatic heterocycles. The number of hydrogen-bond donors (Lipinski definition) is 0. The Balaban J connectivity index is 2.32. The third kappa shape index (κ3) is 13.9. The summed E-state index contributed by atoms with van der Waals surface area (Å²) in [5.41, 5.74) is 2.53. The first kappa shape index (κ1) is 25.2. The van der Waals surface area contributed by atoms with E-state index < -0.39 is 0 Å². The van der Waals surface area contributed by atoms with Crippen molar-refractivity contribution in [2.24, 2.45) is 4.99 Å². The third-order valence-electron chi connectivity index (χ3n) is 4.65. The predicted molar refractivity (Wildman–Crippen MR) is 128 cm³/mol. The van der Waals surface area contributed by atoms with Crippen LogP contribution in [0.4, 0.5) is 0 Å². The Labute approximate surface area is 179 Å². The molecule has 0 radical (unpaired) electrons. The lowest BCUT2D eigenvalue weighted by Crippen LogP contribution is -2.14. The minimum absolute atomic E-state index is 0.0300. The van der Waals surface area contributed by atoms with Crippen molar-refractivity contribution in [1.82, 2.24) is 4.90 Å². The molecule has 29 heavy (non-hydrogen) atoms. The van der Waals surface area contributed by atoms with Crippen molar-refractivity contribution >= 4 is 6.21 Å². The molecule has 0 aromatic heterocycles. The van der Waals surface area contributed by atoms with E-state index in [1.54, 1.807) is 0 Å². The van der Waals surface area contributed by atoms with Gasteiger partial charge in [0, 0.05) is 25.9 Å². The van der Waals surface area contributed by atoms with Crippen molar-refractivity contribution in [1.29, 1.82) is 0 Å². The van der Waals surface area contributed by atoms with Crippen LogP contribution in [0.25, 0.3) is 0 Å². The molecule has 0 bridgehead atoms. The fourth-order valence-corrected chi connectivity index (χ4v) is 2.84. The number of allylic oxidation sites excluding steroid dienone is 3. The molecule has 0 saturated heterocycles. The summed E-state index contributed by atoms with van der Waals surface area (Å²) in [6.07, 6.45) is 14.5. The molecule has 1 aromatic rings. The standard InChI is InChI=1S/C26H42N2O/c1-6-28(7-2)20-15-19-24(22-27-26(3,4)5)16-11-8-9-14-21-29-23-25-17-12-10-13-18-25/h10,12-13,15,17-20,22H,6-9,11,14,16,21,23H2,1-5H3/b20-15+,24-19+,27-22?. The molecule has 0 atom stereocenters. The summed E-state index contributed by atoms with van der Waals surface area (Å²) in [5, 5.41) is 0. The number of aliphatic imine (C=N–C) groups is 1. The van der Waals surface area contributed by atoms with E-state index in [1.165, 1.54) is 30.4 Å². The van der Waals surface area contributed by atoms with Crippen molar-refractivity contribution in [3.05, 3.63) is 59.8 Å². The van der Waals surface area contributed by atoms with Gasteiger partial charge < -0.3 is 9.64 Å². The van der Waals surface area contributed by atoms with Crippen molar-refractivity contribution in [2.75, 3.05) is 19.7 Å². The maximum atomic E-state index is 5.77. The molecule has 0 heterocycles. The zero-order chi connectivity index (χ0) is 21.4. The highest BCUT2D eigenvalue weighted by Crippen LogP contribution is 2.12. The Morgan fingerprint density at radius 3 is 2.34 bits per heavy atom. The van der Waals surface area contributed by atoms with Crippen LogP contribution in [0, 0.1) is 0 Å². The van der Waals surface area contributed by atoms with Crippen LogP contribution in [0.3, 0.4) is 0 Å². The van der Waals surface area contributed by atoms with Gasteiger partial charge in [-0.3, -0.25) is 4.99 Å². The van der Waals surface area contributed by atoms with Crippen LogP contribution >= 0.6 is 0 Å². The first-order valence-corrected chi connectivity index (χ1v) is 11.2. The zero-order valence-electron chi connectivity index (χ0n) is 19.4. The van der Waals surface area contributed by atoms with Crippen molar-refractivity contribution in [3.8, 4) is 0 Å². The number of rotatable bonds is 14. The molecule has 0 saturated carbocycles. The lowest BCUT2D eigenvalue weighted by molar-refractivity contribution is 0.117. The Hall–Kier alpha value is -1.87. The van der Waals surface area contributed by atoms with Gasteiger partial charge >= 0.3 is 0 Å². The van der Waals surface area contributed by atoms with E-state index in [4.69, 9.17) is 9.73 Å². The fourth-order valence-electron chi connectivity index (χ4n) is 2.84. The van der Waals surface area contributed by atoms with E-state index in [9.17, 15) is 0 Å². The van der Waals surface area contributed by atoms with Gasteiger partial charge in [-0.25, -0.2) is 0 Å². The van der Waals surface area contributed by atoms with Crippen LogP contribution in [0.15, 0.2) is 59.2 Å². The number of hydrogen-bond acceptors (Lipinski definition) is 3. The van der Waals surface area contributed by atoms with Crippen LogP contribution in [0.1, 0.15) is 72.3 Å². The maximum Gasteiger partial charge on any atom is 0.0716 e. The molecule has 0 unspecified atom stereocenters. The molecule has 162 valence electrons. The molecule has 3 heteroatoms. The van der Waals surface area contributed by atoms with Gasteiger partial charge in [0.2, 0.25) is 0 Å². The summed E-state index contributed by atoms with van der Waals surface area (Å²) in [6, 6.07) is 10.4. The second-order valence-electron chi connectivity index (χ2n) is 8.44. The number of unbranched alkanes of at least 4 members (excludes halogenated alkanes) is 3. The normalized spacial score (nSPS) is 12.9. The molecule has 0 N–H and O–H groups in total. The molecule has 0 aliphatic carbocycles. The second-order valence-corrected chi connectivity index (χ2v) is 8.44. The molecule has 0 fully saturated rings. The van der Waals surface area contributed by atoms with Gasteiger partial charge in [-0.2, -0.15) is 0 Å². The van der Waals surface area contributed by atoms with Gasteiger partial charge in [-0.1, -0.05) is 49.2 Å². The van der Waals surface area contributed by atoms with E-state index in [-0.39, 0.29) is 5.54 Å². The molecule has 0 amide bonds. The first-order chi connectivity index (χ1) is 13.9. The van der Waals surface area contributed by atoms with Crippen LogP contribution in [0.5, 0.6) is 0 Å². The number of ether oxygens (including phenoxy) is 1. The van der Waals surface area contributed by atoms with Crippen molar-refractivity contribution in [2.45, 2.75) is 78.9 Å². The van der Waals surface area contributed by atoms with E-state index in [0.717, 1.165) is 39.1 Å². The van der Waals surface area contributed by atoms with Crippen LogP contribution in [-0.4, -0.2) is 36.3 Å². The van der Waals surface area contributed by atoms with E-state index in [2.05, 4.69) is 88.4 Å². The average molecular weight is 399 g/mol. The second kappa shape index (κ2) is 15.0. The molecule has 3 nitrogen and oxygen atoms in total. The number of nitrogens with zero attached hydrogens (tertiary/aromatic N) is 2. The molecular weight excluding hydrogens is 356 g/mol. The lowest BCUT2D eigenvalue weighted by atomic mass is 10.1. The molecule has 1 rings (SSSR count). The Morgan fingerprint density at radius 2 is 1.69 bits per heavy atom. The minimum atomic E-state index is -0.0300. The highest BCUT2D eigenvalue weighted by molar-refractivity contribution is 5.79. The predicted octanol–water partition coefficient (Wildman–Crippen LogP) is 6.80. The molecule has 0 spiro atoms. The van der Waals surface area contributed by atoms with E-state index >= 15 is 0 Å². The Kier molecular flexibility index (Phi) is 13.0. The van der Waals surface area contributed by atoms with Crippen LogP contribution < -0.4 is 0 Å². The highest BCUT2D eigenvalue weighted by atomic mass is 16.5. The lowest BCUT2D eigenvalue weighted by Gasteiger charge is -2.14. The molecule has 0 aliphatic rings. The van der Waals surface area contributed by atoms with Gasteiger partial charge in [-0.05, 0) is 77.3 Å². The first-order valence-electron chi connectivity index (χ1n) is 11.2. The zero-order valence-corrected chi connectivity index (χ0v) is 19.4. The Bertz CT molecular complexity index is 607. The number of benzene rings is 1. The third-order valence-corrected chi connectivity index (χ3v) is 4.65. The van der Waals surface area contributed by atoms with Gasteiger partial charge in [0.05, 0.1) is 12.1 Å². The highest BCUT2D eigenvalue weighted by Gasteiger charge is 2.05.